The van der Waals surface area contributed by atoms with Gasteiger partial charge in [0.15, 0.2) is 0 Å². The van der Waals surface area contributed by atoms with Gasteiger partial charge in [0.05, 0.1) is 13.2 Å². The normalized spacial score (nSPS) is 14.4. The largest absolute Gasteiger partial charge is 0.412 e. The molecule has 0 aromatic rings. The molecular weight excluding hydrogens is 352 g/mol. The summed E-state index contributed by atoms with van der Waals surface area (Å²) in [4.78, 5) is 0. The molecule has 0 spiro atoms. The monoisotopic (exact) mass is 400 g/mol. The molecule has 0 atom stereocenters. The molecule has 0 rings (SSSR count). The van der Waals surface area contributed by atoms with Crippen molar-refractivity contribution >= 4 is 16.6 Å². The van der Waals surface area contributed by atoms with Gasteiger partial charge in [-0.1, -0.05) is 95.2 Å². The summed E-state index contributed by atoms with van der Waals surface area (Å²) in [5, 5.41) is 0. The molecule has 0 unspecified atom stereocenters. The summed E-state index contributed by atoms with van der Waals surface area (Å²) >= 11 is 0. The predicted octanol–water partition coefficient (Wildman–Crippen LogP) is 7.93. The van der Waals surface area contributed by atoms with Gasteiger partial charge in [-0.25, -0.2) is 0 Å². The van der Waals surface area contributed by atoms with Gasteiger partial charge in [0.2, 0.25) is 16.6 Å². The summed E-state index contributed by atoms with van der Waals surface area (Å²) in [7, 11) is -3.52. The molecule has 0 aromatic heterocycles. The third-order valence-electron chi connectivity index (χ3n) is 6.44. The lowest BCUT2D eigenvalue weighted by Crippen LogP contribution is -2.48. The van der Waals surface area contributed by atoms with E-state index in [9.17, 15) is 0 Å². The molecular formula is C22H48O2Si2. The molecule has 0 aliphatic carbocycles. The number of hydrogen-bond donors (Lipinski definition) is 0. The van der Waals surface area contributed by atoms with E-state index in [-0.39, 0.29) is 0 Å². The van der Waals surface area contributed by atoms with Gasteiger partial charge in [0.1, 0.15) is 0 Å². The van der Waals surface area contributed by atoms with Gasteiger partial charge < -0.3 is 8.85 Å². The minimum absolute atomic E-state index is 0.634. The average molecular weight is 401 g/mol. The Bertz CT molecular complexity index is 331. The van der Waals surface area contributed by atoms with E-state index in [2.05, 4.69) is 95.2 Å². The van der Waals surface area contributed by atoms with E-state index in [0.29, 0.717) is 33.2 Å². The van der Waals surface area contributed by atoms with Crippen LogP contribution in [0, 0.1) is 0 Å². The van der Waals surface area contributed by atoms with Crippen LogP contribution in [0.1, 0.15) is 83.1 Å². The highest BCUT2D eigenvalue weighted by Gasteiger charge is 2.45. The summed E-state index contributed by atoms with van der Waals surface area (Å²) in [6, 6.07) is 0. The van der Waals surface area contributed by atoms with E-state index in [0.717, 1.165) is 13.2 Å². The maximum atomic E-state index is 6.60. The van der Waals surface area contributed by atoms with Crippen molar-refractivity contribution in [3.63, 3.8) is 0 Å². The quantitative estimate of drug-likeness (QED) is 0.244. The standard InChI is InChI=1S/C22H48O2Si2/c1-17(2)25(18(3)4,19(5)6)23-15-13-14-16-24-26(20(7)8,21(9)10)22(11)12/h13-14,17-22H,15-16H2,1-12H3/b14-13-. The smallest absolute Gasteiger partial charge is 0.200 e. The molecule has 4 heteroatoms. The summed E-state index contributed by atoms with van der Waals surface area (Å²) in [6.45, 7) is 29.5. The fourth-order valence-electron chi connectivity index (χ4n) is 5.52. The maximum Gasteiger partial charge on any atom is 0.200 e. The van der Waals surface area contributed by atoms with Crippen LogP contribution >= 0.6 is 0 Å². The zero-order valence-electron chi connectivity index (χ0n) is 19.8. The molecule has 0 radical (unpaired) electrons. The Balaban J connectivity index is 4.91. The summed E-state index contributed by atoms with van der Waals surface area (Å²) in [5.41, 5.74) is 3.81. The van der Waals surface area contributed by atoms with E-state index in [1.165, 1.54) is 0 Å². The highest BCUT2D eigenvalue weighted by atomic mass is 28.4. The van der Waals surface area contributed by atoms with Gasteiger partial charge in [0, 0.05) is 0 Å². The highest BCUT2D eigenvalue weighted by molar-refractivity contribution is 6.78. The van der Waals surface area contributed by atoms with E-state index >= 15 is 0 Å². The van der Waals surface area contributed by atoms with Crippen LogP contribution < -0.4 is 0 Å². The van der Waals surface area contributed by atoms with Crippen LogP contribution in [0.15, 0.2) is 12.2 Å². The minimum atomic E-state index is -1.76. The Kier molecular flexibility index (Phi) is 11.2. The van der Waals surface area contributed by atoms with Crippen LogP contribution in [-0.2, 0) is 8.85 Å². The zero-order valence-corrected chi connectivity index (χ0v) is 21.8. The van der Waals surface area contributed by atoms with Gasteiger partial charge in [-0.3, -0.25) is 0 Å². The predicted molar refractivity (Wildman–Crippen MR) is 123 cm³/mol. The summed E-state index contributed by atoms with van der Waals surface area (Å²) in [5.74, 6) is 0. The van der Waals surface area contributed by atoms with E-state index in [4.69, 9.17) is 8.85 Å². The molecule has 0 aromatic carbocycles. The molecule has 0 amide bonds. The van der Waals surface area contributed by atoms with Crippen LogP contribution in [0.3, 0.4) is 0 Å². The van der Waals surface area contributed by atoms with Crippen molar-refractivity contribution in [2.24, 2.45) is 0 Å². The van der Waals surface area contributed by atoms with Crippen molar-refractivity contribution in [3.05, 3.63) is 12.2 Å². The molecule has 0 bridgehead atoms. The SMILES string of the molecule is CC(C)[Si](OC/C=C\CO[Si](C(C)C)(C(C)C)C(C)C)(C(C)C)C(C)C. The van der Waals surface area contributed by atoms with Crippen LogP contribution in [0.2, 0.25) is 33.2 Å². The fourth-order valence-corrected chi connectivity index (χ4v) is 16.3. The highest BCUT2D eigenvalue weighted by Crippen LogP contribution is 2.43. The second-order valence-electron chi connectivity index (χ2n) is 9.73. The lowest BCUT2D eigenvalue weighted by atomic mass is 10.5. The van der Waals surface area contributed by atoms with Crippen molar-refractivity contribution in [1.82, 2.24) is 0 Å². The van der Waals surface area contributed by atoms with Gasteiger partial charge >= 0.3 is 0 Å². The summed E-state index contributed by atoms with van der Waals surface area (Å²) in [6.07, 6.45) is 4.38. The van der Waals surface area contributed by atoms with Crippen LogP contribution in [0.4, 0.5) is 0 Å². The van der Waals surface area contributed by atoms with E-state index in [1.54, 1.807) is 0 Å². The Morgan fingerprint density at radius 1 is 0.462 bits per heavy atom. The molecule has 0 N–H and O–H groups in total. The minimum Gasteiger partial charge on any atom is -0.412 e. The molecule has 0 saturated carbocycles. The zero-order chi connectivity index (χ0) is 20.7. The topological polar surface area (TPSA) is 18.5 Å². The Labute approximate surface area is 167 Å². The molecule has 0 aliphatic heterocycles. The molecule has 0 aliphatic rings. The first-order valence-corrected chi connectivity index (χ1v) is 15.1. The average Bonchev–Trinajstić information content (AvgIpc) is 2.47. The lowest BCUT2D eigenvalue weighted by molar-refractivity contribution is 0.305. The fraction of sp³-hybridized carbons (Fsp3) is 0.909. The van der Waals surface area contributed by atoms with E-state index in [1.807, 2.05) is 0 Å². The van der Waals surface area contributed by atoms with Gasteiger partial charge in [-0.05, 0) is 33.2 Å². The molecule has 0 fully saturated rings. The number of rotatable bonds is 12. The van der Waals surface area contributed by atoms with E-state index < -0.39 is 16.6 Å². The Hall–Kier alpha value is 0.0938. The number of hydrogen-bond acceptors (Lipinski definition) is 2. The molecule has 156 valence electrons. The van der Waals surface area contributed by atoms with Gasteiger partial charge in [-0.2, -0.15) is 0 Å². The van der Waals surface area contributed by atoms with Crippen molar-refractivity contribution in [2.75, 3.05) is 13.2 Å². The van der Waals surface area contributed by atoms with Crippen molar-refractivity contribution in [1.29, 1.82) is 0 Å². The maximum absolute atomic E-state index is 6.60. The van der Waals surface area contributed by atoms with Crippen LogP contribution in [-0.4, -0.2) is 29.8 Å². The van der Waals surface area contributed by atoms with Gasteiger partial charge in [0.25, 0.3) is 0 Å². The summed E-state index contributed by atoms with van der Waals surface area (Å²) < 4.78 is 13.2. The van der Waals surface area contributed by atoms with Crippen molar-refractivity contribution in [2.45, 2.75) is 116 Å². The lowest BCUT2D eigenvalue weighted by Gasteiger charge is -2.42. The molecule has 0 heterocycles. The Morgan fingerprint density at radius 2 is 0.654 bits per heavy atom. The second-order valence-corrected chi connectivity index (χ2v) is 20.6. The first-order valence-electron chi connectivity index (χ1n) is 10.8. The van der Waals surface area contributed by atoms with Crippen LogP contribution in [0.5, 0.6) is 0 Å². The first-order chi connectivity index (χ1) is 11.9. The first kappa shape index (κ1) is 26.1. The molecule has 2 nitrogen and oxygen atoms in total. The van der Waals surface area contributed by atoms with Gasteiger partial charge in [-0.15, -0.1) is 0 Å². The molecule has 0 saturated heterocycles. The van der Waals surface area contributed by atoms with Crippen molar-refractivity contribution < 1.29 is 8.85 Å². The van der Waals surface area contributed by atoms with Crippen LogP contribution in [0.25, 0.3) is 0 Å². The van der Waals surface area contributed by atoms with Crippen molar-refractivity contribution in [3.8, 4) is 0 Å². The third kappa shape index (κ3) is 5.79. The Morgan fingerprint density at radius 3 is 0.808 bits per heavy atom. The third-order valence-corrected chi connectivity index (χ3v) is 18.6. The molecule has 26 heavy (non-hydrogen) atoms. The second kappa shape index (κ2) is 11.2.